The molecule has 0 N–H and O–H groups in total. The number of Topliss-reactive ketones (excluding diaryl/α,β-unsaturated/α-hetero) is 1. The maximum absolute atomic E-state index is 11.8. The predicted octanol–water partition coefficient (Wildman–Crippen LogP) is 2.90. The molecule has 0 unspecified atom stereocenters. The second kappa shape index (κ2) is 4.28. The summed E-state index contributed by atoms with van der Waals surface area (Å²) < 4.78 is 2.52. The van der Waals surface area contributed by atoms with Crippen LogP contribution < -0.4 is 0 Å². The zero-order chi connectivity index (χ0) is 10.8. The number of carbonyl (C=O) groups excluding carboxylic acids is 1. The summed E-state index contributed by atoms with van der Waals surface area (Å²) in [6, 6.07) is 3.77. The molecule has 15 heavy (non-hydrogen) atoms. The molecule has 78 valence electrons. The average molecular weight is 285 g/mol. The van der Waals surface area contributed by atoms with Crippen LogP contribution in [0.5, 0.6) is 0 Å². The Morgan fingerprint density at radius 3 is 2.93 bits per heavy atom. The number of aryl methyl sites for hydroxylation is 1. The third-order valence-electron chi connectivity index (χ3n) is 1.95. The summed E-state index contributed by atoms with van der Waals surface area (Å²) in [4.78, 5) is 12.6. The van der Waals surface area contributed by atoms with Gasteiger partial charge in [0.2, 0.25) is 0 Å². The van der Waals surface area contributed by atoms with Crippen molar-refractivity contribution in [1.82, 2.24) is 9.78 Å². The van der Waals surface area contributed by atoms with Crippen LogP contribution in [0.1, 0.15) is 15.4 Å². The lowest BCUT2D eigenvalue weighted by molar-refractivity contribution is 0.0971. The van der Waals surface area contributed by atoms with E-state index in [4.69, 9.17) is 0 Å². The monoisotopic (exact) mass is 284 g/mol. The van der Waals surface area contributed by atoms with Gasteiger partial charge in [-0.1, -0.05) is 0 Å². The molecular formula is C10H9BrN2OS. The van der Waals surface area contributed by atoms with Gasteiger partial charge in [0, 0.05) is 10.7 Å². The molecule has 3 nitrogen and oxygen atoms in total. The summed E-state index contributed by atoms with van der Waals surface area (Å²) in [5, 5.41) is 6.07. The van der Waals surface area contributed by atoms with E-state index in [1.54, 1.807) is 4.68 Å². The first kappa shape index (κ1) is 10.6. The number of carbonyl (C=O) groups is 1. The zero-order valence-electron chi connectivity index (χ0n) is 8.11. The Bertz CT molecular complexity index is 489. The van der Waals surface area contributed by atoms with Gasteiger partial charge in [-0.05, 0) is 40.4 Å². The van der Waals surface area contributed by atoms with E-state index in [2.05, 4.69) is 21.0 Å². The van der Waals surface area contributed by atoms with Crippen LogP contribution in [0.15, 0.2) is 28.2 Å². The van der Waals surface area contributed by atoms with Crippen molar-refractivity contribution >= 4 is 33.0 Å². The van der Waals surface area contributed by atoms with E-state index >= 15 is 0 Å². The highest BCUT2D eigenvalue weighted by molar-refractivity contribution is 9.10. The quantitative estimate of drug-likeness (QED) is 0.813. The van der Waals surface area contributed by atoms with Crippen LogP contribution in [0.3, 0.4) is 0 Å². The Morgan fingerprint density at radius 1 is 1.60 bits per heavy atom. The Balaban J connectivity index is 2.14. The van der Waals surface area contributed by atoms with Crippen LogP contribution >= 0.6 is 27.3 Å². The first-order chi connectivity index (χ1) is 7.16. The number of ketones is 1. The summed E-state index contributed by atoms with van der Waals surface area (Å²) in [6.07, 6.45) is 1.81. The van der Waals surface area contributed by atoms with Gasteiger partial charge in [-0.15, -0.1) is 11.3 Å². The zero-order valence-corrected chi connectivity index (χ0v) is 10.5. The van der Waals surface area contributed by atoms with Gasteiger partial charge in [-0.25, -0.2) is 0 Å². The summed E-state index contributed by atoms with van der Waals surface area (Å²) in [5.41, 5.74) is 0.924. The fourth-order valence-electron chi connectivity index (χ4n) is 1.26. The molecule has 0 saturated carbocycles. The van der Waals surface area contributed by atoms with Gasteiger partial charge in [0.05, 0.1) is 10.6 Å². The van der Waals surface area contributed by atoms with E-state index in [9.17, 15) is 4.79 Å². The van der Waals surface area contributed by atoms with E-state index in [0.717, 1.165) is 15.0 Å². The third-order valence-corrected chi connectivity index (χ3v) is 3.83. The van der Waals surface area contributed by atoms with Gasteiger partial charge < -0.3 is 0 Å². The van der Waals surface area contributed by atoms with E-state index < -0.39 is 0 Å². The molecule has 0 aromatic carbocycles. The van der Waals surface area contributed by atoms with Gasteiger partial charge >= 0.3 is 0 Å². The van der Waals surface area contributed by atoms with Crippen molar-refractivity contribution in [2.75, 3.05) is 0 Å². The molecule has 2 aromatic rings. The highest BCUT2D eigenvalue weighted by Crippen LogP contribution is 2.23. The van der Waals surface area contributed by atoms with Gasteiger partial charge in [-0.2, -0.15) is 5.10 Å². The number of hydrogen-bond donors (Lipinski definition) is 0. The van der Waals surface area contributed by atoms with Gasteiger partial charge in [0.1, 0.15) is 6.54 Å². The fourth-order valence-corrected chi connectivity index (χ4v) is 2.79. The second-order valence-corrected chi connectivity index (χ2v) is 4.95. The normalized spacial score (nSPS) is 10.5. The van der Waals surface area contributed by atoms with E-state index in [0.29, 0.717) is 6.54 Å². The fraction of sp³-hybridized carbons (Fsp3) is 0.200. The van der Waals surface area contributed by atoms with E-state index in [1.165, 1.54) is 11.3 Å². The number of rotatable bonds is 3. The Labute approximate surface area is 99.9 Å². The molecule has 2 heterocycles. The van der Waals surface area contributed by atoms with E-state index in [1.807, 2.05) is 30.6 Å². The van der Waals surface area contributed by atoms with Crippen molar-refractivity contribution in [3.05, 3.63) is 38.8 Å². The smallest absolute Gasteiger partial charge is 0.195 e. The van der Waals surface area contributed by atoms with Crippen LogP contribution in [0, 0.1) is 6.92 Å². The van der Waals surface area contributed by atoms with Gasteiger partial charge in [0.25, 0.3) is 0 Å². The molecule has 0 atom stereocenters. The maximum atomic E-state index is 11.8. The summed E-state index contributed by atoms with van der Waals surface area (Å²) >= 11 is 4.79. The summed E-state index contributed by atoms with van der Waals surface area (Å²) in [7, 11) is 0. The highest BCUT2D eigenvalue weighted by Gasteiger charge is 2.12. The number of halogens is 1. The number of nitrogens with zero attached hydrogens (tertiary/aromatic N) is 2. The lowest BCUT2D eigenvalue weighted by Gasteiger charge is -1.99. The van der Waals surface area contributed by atoms with Crippen molar-refractivity contribution in [2.24, 2.45) is 0 Å². The number of thiophene rings is 1. The molecule has 0 aliphatic heterocycles. The Kier molecular flexibility index (Phi) is 3.02. The predicted molar refractivity (Wildman–Crippen MR) is 63.3 cm³/mol. The second-order valence-electron chi connectivity index (χ2n) is 3.18. The molecule has 0 saturated heterocycles. The molecule has 0 radical (unpaired) electrons. The first-order valence-corrected chi connectivity index (χ1v) is 6.10. The third kappa shape index (κ3) is 2.35. The summed E-state index contributed by atoms with van der Waals surface area (Å²) in [6.45, 7) is 2.20. The van der Waals surface area contributed by atoms with Crippen molar-refractivity contribution < 1.29 is 4.79 Å². The molecule has 0 bridgehead atoms. The number of aromatic nitrogens is 2. The SMILES string of the molecule is Cc1ccn(CC(=O)c2sccc2Br)n1. The van der Waals surface area contributed by atoms with Crippen LogP contribution in [-0.2, 0) is 6.54 Å². The lowest BCUT2D eigenvalue weighted by Crippen LogP contribution is -2.10. The Hall–Kier alpha value is -0.940. The minimum absolute atomic E-state index is 0.0833. The number of hydrogen-bond acceptors (Lipinski definition) is 3. The minimum atomic E-state index is 0.0833. The van der Waals surface area contributed by atoms with Crippen molar-refractivity contribution in [3.63, 3.8) is 0 Å². The standard InChI is InChI=1S/C10H9BrN2OS/c1-7-2-4-13(12-7)6-9(14)10-8(11)3-5-15-10/h2-5H,6H2,1H3. The molecule has 0 aliphatic rings. The van der Waals surface area contributed by atoms with Crippen LogP contribution in [0.4, 0.5) is 0 Å². The van der Waals surface area contributed by atoms with Crippen LogP contribution in [-0.4, -0.2) is 15.6 Å². The molecule has 2 rings (SSSR count). The molecular weight excluding hydrogens is 276 g/mol. The molecule has 5 heteroatoms. The summed E-state index contributed by atoms with van der Waals surface area (Å²) in [5.74, 6) is 0.0833. The van der Waals surface area contributed by atoms with E-state index in [-0.39, 0.29) is 5.78 Å². The minimum Gasteiger partial charge on any atom is -0.291 e. The molecule has 0 amide bonds. The Morgan fingerprint density at radius 2 is 2.40 bits per heavy atom. The maximum Gasteiger partial charge on any atom is 0.195 e. The molecule has 0 aliphatic carbocycles. The van der Waals surface area contributed by atoms with Crippen molar-refractivity contribution in [3.8, 4) is 0 Å². The topological polar surface area (TPSA) is 34.9 Å². The van der Waals surface area contributed by atoms with Gasteiger partial charge in [-0.3, -0.25) is 9.48 Å². The largest absolute Gasteiger partial charge is 0.291 e. The van der Waals surface area contributed by atoms with Crippen molar-refractivity contribution in [2.45, 2.75) is 13.5 Å². The van der Waals surface area contributed by atoms with Crippen LogP contribution in [0.2, 0.25) is 0 Å². The molecule has 0 fully saturated rings. The average Bonchev–Trinajstić information content (AvgIpc) is 2.75. The van der Waals surface area contributed by atoms with Gasteiger partial charge in [0.15, 0.2) is 5.78 Å². The molecule has 2 aromatic heterocycles. The lowest BCUT2D eigenvalue weighted by atomic mass is 10.3. The van der Waals surface area contributed by atoms with Crippen molar-refractivity contribution in [1.29, 1.82) is 0 Å². The first-order valence-electron chi connectivity index (χ1n) is 4.43. The highest BCUT2D eigenvalue weighted by atomic mass is 79.9. The molecule has 0 spiro atoms. The van der Waals surface area contributed by atoms with Crippen LogP contribution in [0.25, 0.3) is 0 Å².